The van der Waals surface area contributed by atoms with E-state index in [1.807, 2.05) is 0 Å². The van der Waals surface area contributed by atoms with Crippen LogP contribution in [0.15, 0.2) is 41.4 Å². The van der Waals surface area contributed by atoms with Gasteiger partial charge in [-0.05, 0) is 37.6 Å². The van der Waals surface area contributed by atoms with E-state index in [9.17, 15) is 9.18 Å². The molecule has 1 aliphatic rings. The molecule has 1 aliphatic carbocycles. The molecule has 0 aromatic heterocycles. The highest BCUT2D eigenvalue weighted by molar-refractivity contribution is 6.02. The SMILES string of the molecule is C=Nc1c(C(=O)N(N)CC2CC2)cccc1-c1cccc(OC)c1F. The second-order valence-corrected chi connectivity index (χ2v) is 6.08. The number of benzene rings is 2. The molecule has 25 heavy (non-hydrogen) atoms. The monoisotopic (exact) mass is 341 g/mol. The number of amides is 1. The number of nitrogens with zero attached hydrogens (tertiary/aromatic N) is 2. The van der Waals surface area contributed by atoms with Crippen LogP contribution in [0.5, 0.6) is 5.75 Å². The smallest absolute Gasteiger partial charge is 0.269 e. The van der Waals surface area contributed by atoms with Gasteiger partial charge in [0.1, 0.15) is 0 Å². The lowest BCUT2D eigenvalue weighted by atomic mass is 9.98. The summed E-state index contributed by atoms with van der Waals surface area (Å²) in [4.78, 5) is 16.7. The van der Waals surface area contributed by atoms with E-state index in [-0.39, 0.29) is 11.7 Å². The van der Waals surface area contributed by atoms with Crippen LogP contribution in [0.3, 0.4) is 0 Å². The molecule has 3 rings (SSSR count). The van der Waals surface area contributed by atoms with E-state index in [0.29, 0.717) is 34.8 Å². The third kappa shape index (κ3) is 3.39. The molecule has 0 atom stereocenters. The molecule has 0 spiro atoms. The van der Waals surface area contributed by atoms with Crippen molar-refractivity contribution in [3.63, 3.8) is 0 Å². The maximum Gasteiger partial charge on any atom is 0.269 e. The first kappa shape index (κ1) is 17.1. The Morgan fingerprint density at radius 3 is 2.64 bits per heavy atom. The molecule has 1 amide bonds. The Morgan fingerprint density at radius 2 is 2.00 bits per heavy atom. The van der Waals surface area contributed by atoms with E-state index in [4.69, 9.17) is 10.6 Å². The number of halogens is 1. The molecule has 2 aromatic rings. The lowest BCUT2D eigenvalue weighted by Gasteiger charge is -2.19. The second-order valence-electron chi connectivity index (χ2n) is 6.08. The van der Waals surface area contributed by atoms with Crippen molar-refractivity contribution in [3.05, 3.63) is 47.8 Å². The summed E-state index contributed by atoms with van der Waals surface area (Å²) in [5.41, 5.74) is 1.38. The van der Waals surface area contributed by atoms with E-state index in [0.717, 1.165) is 12.8 Å². The quantitative estimate of drug-likeness (QED) is 0.378. The molecule has 2 aromatic carbocycles. The number of methoxy groups -OCH3 is 1. The second kappa shape index (κ2) is 7.03. The van der Waals surface area contributed by atoms with Crippen LogP contribution in [0, 0.1) is 11.7 Å². The molecule has 0 radical (unpaired) electrons. The first-order valence-corrected chi connectivity index (χ1v) is 8.06. The van der Waals surface area contributed by atoms with Crippen LogP contribution in [-0.4, -0.2) is 31.3 Å². The Balaban J connectivity index is 2.04. The number of rotatable bonds is 6. The van der Waals surface area contributed by atoms with Crippen LogP contribution >= 0.6 is 0 Å². The van der Waals surface area contributed by atoms with Gasteiger partial charge in [0.15, 0.2) is 11.6 Å². The van der Waals surface area contributed by atoms with Crippen molar-refractivity contribution in [2.24, 2.45) is 16.8 Å². The largest absolute Gasteiger partial charge is 0.494 e. The molecule has 1 saturated carbocycles. The van der Waals surface area contributed by atoms with E-state index in [2.05, 4.69) is 11.7 Å². The van der Waals surface area contributed by atoms with Crippen LogP contribution in [0.25, 0.3) is 11.1 Å². The lowest BCUT2D eigenvalue weighted by molar-refractivity contribution is 0.0748. The summed E-state index contributed by atoms with van der Waals surface area (Å²) in [5, 5.41) is 1.20. The first-order chi connectivity index (χ1) is 12.1. The molecule has 0 heterocycles. The molecule has 0 bridgehead atoms. The Morgan fingerprint density at radius 1 is 1.32 bits per heavy atom. The van der Waals surface area contributed by atoms with Gasteiger partial charge in [-0.2, -0.15) is 0 Å². The number of hydrogen-bond donors (Lipinski definition) is 1. The molecule has 0 aliphatic heterocycles. The van der Waals surface area contributed by atoms with Crippen LogP contribution in [0.2, 0.25) is 0 Å². The van der Waals surface area contributed by atoms with Gasteiger partial charge in [-0.1, -0.05) is 24.3 Å². The highest BCUT2D eigenvalue weighted by atomic mass is 19.1. The topological polar surface area (TPSA) is 67.9 Å². The third-order valence-electron chi connectivity index (χ3n) is 4.31. The molecular weight excluding hydrogens is 321 g/mol. The predicted molar refractivity (Wildman–Crippen MR) is 95.5 cm³/mol. The summed E-state index contributed by atoms with van der Waals surface area (Å²) in [7, 11) is 1.40. The lowest BCUT2D eigenvalue weighted by Crippen LogP contribution is -2.39. The number of para-hydroxylation sites is 1. The summed E-state index contributed by atoms with van der Waals surface area (Å²) in [6.45, 7) is 4.06. The first-order valence-electron chi connectivity index (χ1n) is 8.06. The minimum absolute atomic E-state index is 0.124. The summed E-state index contributed by atoms with van der Waals surface area (Å²) >= 11 is 0. The van der Waals surface area contributed by atoms with E-state index >= 15 is 0 Å². The van der Waals surface area contributed by atoms with Crippen molar-refractivity contribution in [1.29, 1.82) is 0 Å². The third-order valence-corrected chi connectivity index (χ3v) is 4.31. The highest BCUT2D eigenvalue weighted by Gasteiger charge is 2.27. The van der Waals surface area contributed by atoms with Crippen LogP contribution < -0.4 is 10.6 Å². The highest BCUT2D eigenvalue weighted by Crippen LogP contribution is 2.38. The van der Waals surface area contributed by atoms with Gasteiger partial charge in [-0.25, -0.2) is 10.2 Å². The van der Waals surface area contributed by atoms with Crippen molar-refractivity contribution < 1.29 is 13.9 Å². The summed E-state index contributed by atoms with van der Waals surface area (Å²) in [6.07, 6.45) is 2.17. The molecular formula is C19H20FN3O2. The van der Waals surface area contributed by atoms with E-state index in [1.54, 1.807) is 30.3 Å². The van der Waals surface area contributed by atoms with E-state index in [1.165, 1.54) is 18.2 Å². The normalized spacial score (nSPS) is 13.4. The maximum atomic E-state index is 14.6. The standard InChI is InChI=1S/C19H20FN3O2/c1-22-18-14(13-5-4-8-16(25-2)17(13)20)6-3-7-15(18)19(24)23(21)11-12-9-10-12/h3-8,12H,1,9-11,21H2,2H3. The van der Waals surface area contributed by atoms with Crippen molar-refractivity contribution in [1.82, 2.24) is 5.01 Å². The number of hydrogen-bond acceptors (Lipinski definition) is 4. The Labute approximate surface area is 145 Å². The number of carbonyl (C=O) groups is 1. The van der Waals surface area contributed by atoms with Gasteiger partial charge in [0.25, 0.3) is 5.91 Å². The Bertz CT molecular complexity index is 818. The fourth-order valence-electron chi connectivity index (χ4n) is 2.80. The van der Waals surface area contributed by atoms with Crippen LogP contribution in [-0.2, 0) is 0 Å². The van der Waals surface area contributed by atoms with Crippen LogP contribution in [0.1, 0.15) is 23.2 Å². The van der Waals surface area contributed by atoms with E-state index < -0.39 is 5.82 Å². The summed E-state index contributed by atoms with van der Waals surface area (Å²) < 4.78 is 19.7. The number of ether oxygens (including phenoxy) is 1. The van der Waals surface area contributed by atoms with Gasteiger partial charge in [-0.15, -0.1) is 0 Å². The molecule has 130 valence electrons. The fraction of sp³-hybridized carbons (Fsp3) is 0.263. The Hall–Kier alpha value is -2.73. The minimum Gasteiger partial charge on any atom is -0.494 e. The van der Waals surface area contributed by atoms with Gasteiger partial charge >= 0.3 is 0 Å². The number of hydrazine groups is 1. The summed E-state index contributed by atoms with van der Waals surface area (Å²) in [5.74, 6) is 5.64. The van der Waals surface area contributed by atoms with Gasteiger partial charge in [-0.3, -0.25) is 14.8 Å². The molecule has 0 unspecified atom stereocenters. The zero-order valence-corrected chi connectivity index (χ0v) is 14.0. The average molecular weight is 341 g/mol. The Kier molecular flexibility index (Phi) is 4.81. The molecule has 5 nitrogen and oxygen atoms in total. The minimum atomic E-state index is -0.512. The molecule has 6 heteroatoms. The zero-order valence-electron chi connectivity index (χ0n) is 14.0. The predicted octanol–water partition coefficient (Wildman–Crippen LogP) is 3.56. The zero-order chi connectivity index (χ0) is 18.0. The number of nitrogens with two attached hydrogens (primary N) is 1. The number of aliphatic imine (C=N–C) groups is 1. The summed E-state index contributed by atoms with van der Waals surface area (Å²) in [6, 6.07) is 9.83. The molecule has 1 fully saturated rings. The number of carbonyl (C=O) groups excluding carboxylic acids is 1. The maximum absolute atomic E-state index is 14.6. The van der Waals surface area contributed by atoms with Gasteiger partial charge in [0, 0.05) is 17.7 Å². The van der Waals surface area contributed by atoms with Crippen LogP contribution in [0.4, 0.5) is 10.1 Å². The molecule has 2 N–H and O–H groups in total. The van der Waals surface area contributed by atoms with Crippen molar-refractivity contribution in [2.45, 2.75) is 12.8 Å². The van der Waals surface area contributed by atoms with Gasteiger partial charge in [0.2, 0.25) is 0 Å². The van der Waals surface area contributed by atoms with Gasteiger partial charge < -0.3 is 4.74 Å². The van der Waals surface area contributed by atoms with Gasteiger partial charge in [0.05, 0.1) is 18.4 Å². The van der Waals surface area contributed by atoms with Crippen molar-refractivity contribution >= 4 is 18.3 Å². The average Bonchev–Trinajstić information content (AvgIpc) is 3.44. The fourth-order valence-corrected chi connectivity index (χ4v) is 2.80. The van der Waals surface area contributed by atoms with Crippen molar-refractivity contribution in [2.75, 3.05) is 13.7 Å². The van der Waals surface area contributed by atoms with Crippen molar-refractivity contribution in [3.8, 4) is 16.9 Å². The molecule has 0 saturated heterocycles.